The molecule has 1 N–H and O–H groups in total. The second-order valence-corrected chi connectivity index (χ2v) is 6.40. The predicted octanol–water partition coefficient (Wildman–Crippen LogP) is 2.18. The third kappa shape index (κ3) is 3.52. The van der Waals surface area contributed by atoms with Gasteiger partial charge in [0, 0.05) is 5.92 Å². The first-order valence-electron chi connectivity index (χ1n) is 6.66. The number of carbonyl (C=O) groups is 1. The molecule has 6 heteroatoms. The van der Waals surface area contributed by atoms with Gasteiger partial charge in [0.05, 0.1) is 12.0 Å². The number of aromatic nitrogens is 4. The molecule has 19 heavy (non-hydrogen) atoms. The van der Waals surface area contributed by atoms with Crippen molar-refractivity contribution in [3.05, 3.63) is 5.82 Å². The van der Waals surface area contributed by atoms with Crippen LogP contribution in [-0.4, -0.2) is 31.3 Å². The quantitative estimate of drug-likeness (QED) is 0.855. The van der Waals surface area contributed by atoms with Crippen molar-refractivity contribution in [1.29, 1.82) is 0 Å². The topological polar surface area (TPSA) is 80.9 Å². The molecule has 0 unspecified atom stereocenters. The van der Waals surface area contributed by atoms with Crippen molar-refractivity contribution >= 4 is 5.97 Å². The third-order valence-corrected chi connectivity index (χ3v) is 3.42. The van der Waals surface area contributed by atoms with Gasteiger partial charge in [-0.05, 0) is 36.1 Å². The molecule has 0 saturated carbocycles. The van der Waals surface area contributed by atoms with Crippen molar-refractivity contribution in [1.82, 2.24) is 20.2 Å². The summed E-state index contributed by atoms with van der Waals surface area (Å²) in [7, 11) is 0. The molecule has 1 heterocycles. The van der Waals surface area contributed by atoms with Gasteiger partial charge >= 0.3 is 5.97 Å². The Morgan fingerprint density at radius 1 is 1.26 bits per heavy atom. The molecule has 1 aromatic heterocycles. The zero-order valence-corrected chi connectivity index (χ0v) is 12.6. The Hall–Kier alpha value is -1.46. The lowest BCUT2D eigenvalue weighted by Gasteiger charge is -2.26. The average Bonchev–Trinajstić information content (AvgIpc) is 2.64. The SMILES string of the molecule is CC(C)C(c1nnnn1CC(C)(C)C(=O)O)C(C)C. The van der Waals surface area contributed by atoms with Crippen LogP contribution in [0, 0.1) is 17.3 Å². The van der Waals surface area contributed by atoms with Crippen LogP contribution in [0.1, 0.15) is 53.3 Å². The molecule has 0 aliphatic carbocycles. The first-order chi connectivity index (χ1) is 8.66. The van der Waals surface area contributed by atoms with Crippen molar-refractivity contribution in [2.24, 2.45) is 17.3 Å². The molecule has 6 nitrogen and oxygen atoms in total. The van der Waals surface area contributed by atoms with Gasteiger partial charge in [-0.15, -0.1) is 5.10 Å². The maximum absolute atomic E-state index is 11.2. The van der Waals surface area contributed by atoms with Crippen molar-refractivity contribution in [2.75, 3.05) is 0 Å². The minimum atomic E-state index is -0.886. The van der Waals surface area contributed by atoms with Crippen LogP contribution in [0.15, 0.2) is 0 Å². The Morgan fingerprint density at radius 3 is 2.21 bits per heavy atom. The highest BCUT2D eigenvalue weighted by Crippen LogP contribution is 2.31. The molecule has 0 aliphatic heterocycles. The largest absolute Gasteiger partial charge is 0.481 e. The van der Waals surface area contributed by atoms with Crippen LogP contribution < -0.4 is 0 Å². The zero-order valence-electron chi connectivity index (χ0n) is 12.6. The Labute approximate surface area is 114 Å². The fourth-order valence-electron chi connectivity index (χ4n) is 2.37. The van der Waals surface area contributed by atoms with Crippen molar-refractivity contribution in [2.45, 2.75) is 54.0 Å². The summed E-state index contributed by atoms with van der Waals surface area (Å²) in [6, 6.07) is 0. The molecule has 0 aliphatic rings. The fraction of sp³-hybridized carbons (Fsp3) is 0.846. The van der Waals surface area contributed by atoms with Gasteiger partial charge < -0.3 is 5.11 Å². The van der Waals surface area contributed by atoms with E-state index in [1.807, 2.05) is 0 Å². The fourth-order valence-corrected chi connectivity index (χ4v) is 2.37. The molecule has 0 spiro atoms. The maximum Gasteiger partial charge on any atom is 0.310 e. The minimum Gasteiger partial charge on any atom is -0.481 e. The number of tetrazole rings is 1. The Kier molecular flexibility index (Phi) is 4.66. The Balaban J connectivity index is 3.07. The Morgan fingerprint density at radius 2 is 1.79 bits per heavy atom. The summed E-state index contributed by atoms with van der Waals surface area (Å²) >= 11 is 0. The van der Waals surface area contributed by atoms with E-state index in [2.05, 4.69) is 43.2 Å². The molecule has 0 bridgehead atoms. The molecule has 0 saturated heterocycles. The van der Waals surface area contributed by atoms with Crippen LogP contribution in [0.4, 0.5) is 0 Å². The van der Waals surface area contributed by atoms with Gasteiger partial charge in [-0.3, -0.25) is 4.79 Å². The summed E-state index contributed by atoms with van der Waals surface area (Å²) in [4.78, 5) is 11.2. The van der Waals surface area contributed by atoms with E-state index >= 15 is 0 Å². The number of hydrogen-bond donors (Lipinski definition) is 1. The normalized spacial score (nSPS) is 12.7. The predicted molar refractivity (Wildman–Crippen MR) is 71.7 cm³/mol. The van der Waals surface area contributed by atoms with Gasteiger partial charge in [0.25, 0.3) is 0 Å². The van der Waals surface area contributed by atoms with Gasteiger partial charge in [-0.25, -0.2) is 4.68 Å². The van der Waals surface area contributed by atoms with Crippen LogP contribution >= 0.6 is 0 Å². The van der Waals surface area contributed by atoms with E-state index in [9.17, 15) is 9.90 Å². The minimum absolute atomic E-state index is 0.222. The molecular weight excluding hydrogens is 244 g/mol. The summed E-state index contributed by atoms with van der Waals surface area (Å²) in [6.45, 7) is 12.2. The van der Waals surface area contributed by atoms with Crippen LogP contribution in [0.5, 0.6) is 0 Å². The zero-order chi connectivity index (χ0) is 14.8. The summed E-state index contributed by atoms with van der Waals surface area (Å²) in [5.41, 5.74) is -0.886. The first kappa shape index (κ1) is 15.6. The van der Waals surface area contributed by atoms with Crippen molar-refractivity contribution < 1.29 is 9.90 Å². The van der Waals surface area contributed by atoms with Gasteiger partial charge in [0.2, 0.25) is 0 Å². The van der Waals surface area contributed by atoms with Crippen LogP contribution in [0.2, 0.25) is 0 Å². The summed E-state index contributed by atoms with van der Waals surface area (Å²) < 4.78 is 1.64. The number of rotatable bonds is 6. The number of hydrogen-bond acceptors (Lipinski definition) is 4. The molecule has 0 radical (unpaired) electrons. The molecule has 1 rings (SSSR count). The van der Waals surface area contributed by atoms with E-state index in [-0.39, 0.29) is 12.5 Å². The lowest BCUT2D eigenvalue weighted by atomic mass is 9.84. The molecule has 0 atom stereocenters. The van der Waals surface area contributed by atoms with Crippen LogP contribution in [0.3, 0.4) is 0 Å². The van der Waals surface area contributed by atoms with Gasteiger partial charge in [-0.2, -0.15) is 0 Å². The van der Waals surface area contributed by atoms with Gasteiger partial charge in [0.15, 0.2) is 5.82 Å². The highest BCUT2D eigenvalue weighted by Gasteiger charge is 2.32. The van der Waals surface area contributed by atoms with Crippen molar-refractivity contribution in [3.63, 3.8) is 0 Å². The monoisotopic (exact) mass is 268 g/mol. The van der Waals surface area contributed by atoms with E-state index in [0.717, 1.165) is 5.82 Å². The van der Waals surface area contributed by atoms with Crippen LogP contribution in [-0.2, 0) is 11.3 Å². The number of carboxylic acids is 1. The van der Waals surface area contributed by atoms with E-state index in [0.29, 0.717) is 11.8 Å². The molecular formula is C13H24N4O2. The van der Waals surface area contributed by atoms with Crippen molar-refractivity contribution in [3.8, 4) is 0 Å². The van der Waals surface area contributed by atoms with Crippen LogP contribution in [0.25, 0.3) is 0 Å². The molecule has 1 aromatic rings. The second kappa shape index (κ2) is 5.67. The maximum atomic E-state index is 11.2. The average molecular weight is 268 g/mol. The lowest BCUT2D eigenvalue weighted by Crippen LogP contribution is -2.31. The molecule has 0 fully saturated rings. The summed E-state index contributed by atoms with van der Waals surface area (Å²) in [6.07, 6.45) is 0. The molecule has 108 valence electrons. The smallest absolute Gasteiger partial charge is 0.310 e. The standard InChI is InChI=1S/C13H24N4O2/c1-8(2)10(9(3)4)11-14-15-16-17(11)7-13(5,6)12(18)19/h8-10H,7H2,1-6H3,(H,18,19). The number of nitrogens with zero attached hydrogens (tertiary/aromatic N) is 4. The lowest BCUT2D eigenvalue weighted by molar-refractivity contribution is -0.147. The summed E-state index contributed by atoms with van der Waals surface area (Å²) in [5, 5.41) is 21.0. The first-order valence-corrected chi connectivity index (χ1v) is 6.66. The number of carboxylic acid groups (broad SMARTS) is 1. The van der Waals surface area contributed by atoms with E-state index in [1.165, 1.54) is 0 Å². The molecule has 0 aromatic carbocycles. The molecule has 0 amide bonds. The highest BCUT2D eigenvalue weighted by molar-refractivity contribution is 5.73. The van der Waals surface area contributed by atoms with Gasteiger partial charge in [-0.1, -0.05) is 27.7 Å². The second-order valence-electron chi connectivity index (χ2n) is 6.40. The van der Waals surface area contributed by atoms with E-state index in [4.69, 9.17) is 0 Å². The van der Waals surface area contributed by atoms with Gasteiger partial charge in [0.1, 0.15) is 0 Å². The summed E-state index contributed by atoms with van der Waals surface area (Å²) in [5.74, 6) is 0.953. The van der Waals surface area contributed by atoms with E-state index in [1.54, 1.807) is 18.5 Å². The third-order valence-electron chi connectivity index (χ3n) is 3.42. The Bertz CT molecular complexity index is 430. The number of aliphatic carboxylic acids is 1. The highest BCUT2D eigenvalue weighted by atomic mass is 16.4. The van der Waals surface area contributed by atoms with E-state index < -0.39 is 11.4 Å².